The summed E-state index contributed by atoms with van der Waals surface area (Å²) < 4.78 is 27.7. The minimum Gasteiger partial charge on any atom is -0.354 e. The number of carbonyl (C=O) groups is 1. The number of nitrogens with zero attached hydrogens (tertiary/aromatic N) is 1. The molecule has 1 N–H and O–H groups in total. The molecule has 168 valence electrons. The van der Waals surface area contributed by atoms with Crippen molar-refractivity contribution in [2.24, 2.45) is 0 Å². The summed E-state index contributed by atoms with van der Waals surface area (Å²) in [4.78, 5) is 13.8. The van der Waals surface area contributed by atoms with Gasteiger partial charge in [0.15, 0.2) is 0 Å². The molecule has 0 heterocycles. The second-order valence-electron chi connectivity index (χ2n) is 7.31. The first-order valence-corrected chi connectivity index (χ1v) is 12.9. The van der Waals surface area contributed by atoms with E-state index < -0.39 is 10.0 Å². The molecule has 0 aliphatic carbocycles. The number of anilines is 1. The van der Waals surface area contributed by atoms with Crippen molar-refractivity contribution >= 4 is 45.0 Å². The standard InChI is InChI=1S/C24H25ClN2O3S2/c1-18-3-9-21(10-4-18)27(32(29,30)23-13-7-20(25)8-14-23)17-24(28)26-15-16-31-22-11-5-19(2)6-12-22/h3-14H,15-17H2,1-2H3,(H,26,28). The molecule has 0 spiro atoms. The topological polar surface area (TPSA) is 66.5 Å². The van der Waals surface area contributed by atoms with E-state index >= 15 is 0 Å². The number of benzene rings is 3. The minimum atomic E-state index is -3.95. The summed E-state index contributed by atoms with van der Waals surface area (Å²) in [5, 5.41) is 3.26. The van der Waals surface area contributed by atoms with Gasteiger partial charge in [0, 0.05) is 22.2 Å². The van der Waals surface area contributed by atoms with Crippen LogP contribution in [0.25, 0.3) is 0 Å². The Bertz CT molecular complexity index is 1150. The summed E-state index contributed by atoms with van der Waals surface area (Å²) in [5.74, 6) is 0.316. The number of amides is 1. The van der Waals surface area contributed by atoms with Crippen LogP contribution in [-0.2, 0) is 14.8 Å². The first kappa shape index (κ1) is 24.2. The van der Waals surface area contributed by atoms with Gasteiger partial charge in [0.05, 0.1) is 10.6 Å². The van der Waals surface area contributed by atoms with E-state index in [1.165, 1.54) is 29.8 Å². The van der Waals surface area contributed by atoms with E-state index in [1.807, 2.05) is 50.2 Å². The summed E-state index contributed by atoms with van der Waals surface area (Å²) in [5.41, 5.74) is 2.62. The number of rotatable bonds is 9. The molecule has 0 aliphatic rings. The van der Waals surface area contributed by atoms with Crippen molar-refractivity contribution in [1.29, 1.82) is 0 Å². The lowest BCUT2D eigenvalue weighted by atomic mass is 10.2. The van der Waals surface area contributed by atoms with Crippen LogP contribution in [0.3, 0.4) is 0 Å². The fourth-order valence-electron chi connectivity index (χ4n) is 2.94. The largest absolute Gasteiger partial charge is 0.354 e. The van der Waals surface area contributed by atoms with E-state index in [0.717, 1.165) is 14.8 Å². The molecule has 3 rings (SSSR count). The molecule has 8 heteroatoms. The third-order valence-electron chi connectivity index (χ3n) is 4.72. The number of sulfonamides is 1. The van der Waals surface area contributed by atoms with Crippen molar-refractivity contribution in [3.05, 3.63) is 88.9 Å². The smallest absolute Gasteiger partial charge is 0.264 e. The molecule has 3 aromatic carbocycles. The molecule has 3 aromatic rings. The van der Waals surface area contributed by atoms with Gasteiger partial charge in [-0.3, -0.25) is 9.10 Å². The quantitative estimate of drug-likeness (QED) is 0.337. The molecule has 1 amide bonds. The summed E-state index contributed by atoms with van der Waals surface area (Å²) in [7, 11) is -3.95. The van der Waals surface area contributed by atoms with Crippen LogP contribution < -0.4 is 9.62 Å². The molecular formula is C24H25ClN2O3S2. The summed E-state index contributed by atoms with van der Waals surface area (Å²) >= 11 is 7.54. The predicted octanol–water partition coefficient (Wildman–Crippen LogP) is 5.06. The number of carbonyl (C=O) groups excluding carboxylic acids is 1. The van der Waals surface area contributed by atoms with Crippen molar-refractivity contribution in [3.63, 3.8) is 0 Å². The SMILES string of the molecule is Cc1ccc(SCCNC(=O)CN(c2ccc(C)cc2)S(=O)(=O)c2ccc(Cl)cc2)cc1. The fraction of sp³-hybridized carbons (Fsp3) is 0.208. The Morgan fingerprint density at radius 3 is 2.06 bits per heavy atom. The molecule has 0 aromatic heterocycles. The average Bonchev–Trinajstić information content (AvgIpc) is 2.77. The number of hydrogen-bond acceptors (Lipinski definition) is 4. The molecule has 0 atom stereocenters. The Morgan fingerprint density at radius 1 is 0.906 bits per heavy atom. The zero-order valence-corrected chi connectivity index (χ0v) is 20.3. The lowest BCUT2D eigenvalue weighted by Crippen LogP contribution is -2.41. The Kier molecular flexibility index (Phi) is 8.23. The minimum absolute atomic E-state index is 0.0743. The first-order chi connectivity index (χ1) is 15.3. The maximum atomic E-state index is 13.3. The predicted molar refractivity (Wildman–Crippen MR) is 132 cm³/mol. The maximum Gasteiger partial charge on any atom is 0.264 e. The van der Waals surface area contributed by atoms with Gasteiger partial charge < -0.3 is 5.32 Å². The molecule has 0 bridgehead atoms. The normalized spacial score (nSPS) is 11.2. The summed E-state index contributed by atoms with van der Waals surface area (Å²) in [6, 6.07) is 21.1. The third-order valence-corrected chi connectivity index (χ3v) is 7.78. The monoisotopic (exact) mass is 488 g/mol. The first-order valence-electron chi connectivity index (χ1n) is 10.1. The van der Waals surface area contributed by atoms with E-state index in [0.29, 0.717) is 23.0 Å². The van der Waals surface area contributed by atoms with Gasteiger partial charge in [0.1, 0.15) is 6.54 Å². The molecule has 0 unspecified atom stereocenters. The van der Waals surface area contributed by atoms with Crippen molar-refractivity contribution < 1.29 is 13.2 Å². The number of hydrogen-bond donors (Lipinski definition) is 1. The van der Waals surface area contributed by atoms with Crippen LogP contribution in [0.5, 0.6) is 0 Å². The van der Waals surface area contributed by atoms with Crippen LogP contribution in [0.2, 0.25) is 5.02 Å². The van der Waals surface area contributed by atoms with Crippen molar-refractivity contribution in [3.8, 4) is 0 Å². The van der Waals surface area contributed by atoms with Crippen LogP contribution in [0.4, 0.5) is 5.69 Å². The van der Waals surface area contributed by atoms with Gasteiger partial charge in [0.25, 0.3) is 10.0 Å². The zero-order valence-electron chi connectivity index (χ0n) is 17.9. The second kappa shape index (κ2) is 10.9. The highest BCUT2D eigenvalue weighted by atomic mass is 35.5. The molecule has 32 heavy (non-hydrogen) atoms. The van der Waals surface area contributed by atoms with E-state index in [1.54, 1.807) is 23.9 Å². The van der Waals surface area contributed by atoms with Gasteiger partial charge in [-0.05, 0) is 62.4 Å². The average molecular weight is 489 g/mol. The number of aryl methyl sites for hydroxylation is 2. The Balaban J connectivity index is 1.69. The van der Waals surface area contributed by atoms with Crippen molar-refractivity contribution in [1.82, 2.24) is 5.32 Å². The summed E-state index contributed by atoms with van der Waals surface area (Å²) in [6.07, 6.45) is 0. The van der Waals surface area contributed by atoms with E-state index in [9.17, 15) is 13.2 Å². The van der Waals surface area contributed by atoms with Crippen LogP contribution in [0, 0.1) is 13.8 Å². The molecular weight excluding hydrogens is 464 g/mol. The van der Waals surface area contributed by atoms with Crippen LogP contribution in [-0.4, -0.2) is 33.2 Å². The molecule has 0 saturated carbocycles. The molecule has 0 saturated heterocycles. The number of nitrogens with one attached hydrogen (secondary N) is 1. The van der Waals surface area contributed by atoms with Gasteiger partial charge in [-0.1, -0.05) is 47.0 Å². The highest BCUT2D eigenvalue weighted by Gasteiger charge is 2.27. The van der Waals surface area contributed by atoms with Gasteiger partial charge in [-0.15, -0.1) is 11.8 Å². The van der Waals surface area contributed by atoms with E-state index in [4.69, 9.17) is 11.6 Å². The fourth-order valence-corrected chi connectivity index (χ4v) is 5.26. The Labute approximate surface area is 198 Å². The lowest BCUT2D eigenvalue weighted by molar-refractivity contribution is -0.119. The molecule has 0 aliphatic heterocycles. The van der Waals surface area contributed by atoms with Crippen molar-refractivity contribution in [2.75, 3.05) is 23.1 Å². The van der Waals surface area contributed by atoms with Gasteiger partial charge in [-0.2, -0.15) is 0 Å². The highest BCUT2D eigenvalue weighted by Crippen LogP contribution is 2.25. The number of thioether (sulfide) groups is 1. The highest BCUT2D eigenvalue weighted by molar-refractivity contribution is 7.99. The van der Waals surface area contributed by atoms with Gasteiger partial charge in [0.2, 0.25) is 5.91 Å². The third kappa shape index (κ3) is 6.51. The van der Waals surface area contributed by atoms with Gasteiger partial charge >= 0.3 is 0 Å². The Morgan fingerprint density at radius 2 is 1.47 bits per heavy atom. The van der Waals surface area contributed by atoms with Crippen molar-refractivity contribution in [2.45, 2.75) is 23.6 Å². The van der Waals surface area contributed by atoms with Gasteiger partial charge in [-0.25, -0.2) is 8.42 Å². The number of halogens is 1. The maximum absolute atomic E-state index is 13.3. The molecule has 5 nitrogen and oxygen atoms in total. The van der Waals surface area contributed by atoms with E-state index in [2.05, 4.69) is 5.32 Å². The molecule has 0 radical (unpaired) electrons. The van der Waals surface area contributed by atoms with E-state index in [-0.39, 0.29) is 17.3 Å². The molecule has 0 fully saturated rings. The van der Waals surface area contributed by atoms with Crippen LogP contribution in [0.15, 0.2) is 82.6 Å². The Hall–Kier alpha value is -2.48. The zero-order chi connectivity index (χ0) is 23.1. The van der Waals surface area contributed by atoms with Crippen LogP contribution in [0.1, 0.15) is 11.1 Å². The summed E-state index contributed by atoms with van der Waals surface area (Å²) in [6.45, 7) is 4.07. The van der Waals surface area contributed by atoms with Crippen LogP contribution >= 0.6 is 23.4 Å². The lowest BCUT2D eigenvalue weighted by Gasteiger charge is -2.24. The second-order valence-corrected chi connectivity index (χ2v) is 10.8.